The number of morpholine rings is 1. The average Bonchev–Trinajstić information content (AvgIpc) is 2.53. The third-order valence-electron chi connectivity index (χ3n) is 3.57. The molecule has 1 aromatic heterocycles. The van der Waals surface area contributed by atoms with E-state index in [-0.39, 0.29) is 0 Å². The Morgan fingerprint density at radius 2 is 1.76 bits per heavy atom. The second-order valence-corrected chi connectivity index (χ2v) is 5.20. The van der Waals surface area contributed by atoms with Crippen molar-refractivity contribution in [3.63, 3.8) is 0 Å². The molecule has 5 nitrogen and oxygen atoms in total. The SMILES string of the molecule is COc1cc2cc(Cl)c(N3CCOCC3)nc2cc1OC. The van der Waals surface area contributed by atoms with Gasteiger partial charge in [-0.3, -0.25) is 0 Å². The van der Waals surface area contributed by atoms with Gasteiger partial charge in [0.25, 0.3) is 0 Å². The first-order chi connectivity index (χ1) is 10.2. The summed E-state index contributed by atoms with van der Waals surface area (Å²) in [5.74, 6) is 2.12. The topological polar surface area (TPSA) is 43.8 Å². The number of fused-ring (bicyclic) bond motifs is 1. The molecule has 1 aliphatic rings. The van der Waals surface area contributed by atoms with Crippen molar-refractivity contribution < 1.29 is 14.2 Å². The smallest absolute Gasteiger partial charge is 0.162 e. The molecule has 0 amide bonds. The molecule has 1 fully saturated rings. The number of methoxy groups -OCH3 is 2. The maximum Gasteiger partial charge on any atom is 0.162 e. The molecule has 0 atom stereocenters. The molecule has 0 bridgehead atoms. The number of hydrogen-bond donors (Lipinski definition) is 0. The highest BCUT2D eigenvalue weighted by atomic mass is 35.5. The Morgan fingerprint density at radius 3 is 2.43 bits per heavy atom. The monoisotopic (exact) mass is 308 g/mol. The van der Waals surface area contributed by atoms with E-state index < -0.39 is 0 Å². The Hall–Kier alpha value is -1.72. The second-order valence-electron chi connectivity index (χ2n) is 4.79. The standard InChI is InChI=1S/C15H17ClN2O3/c1-19-13-8-10-7-11(16)15(18-3-5-21-6-4-18)17-12(10)9-14(13)20-2/h7-9H,3-6H2,1-2H3. The van der Waals surface area contributed by atoms with Crippen molar-refractivity contribution in [3.05, 3.63) is 23.2 Å². The van der Waals surface area contributed by atoms with Crippen LogP contribution in [0.1, 0.15) is 0 Å². The third kappa shape index (κ3) is 2.71. The maximum absolute atomic E-state index is 6.39. The van der Waals surface area contributed by atoms with E-state index in [1.165, 1.54) is 0 Å². The number of aromatic nitrogens is 1. The summed E-state index contributed by atoms with van der Waals surface area (Å²) in [7, 11) is 3.23. The van der Waals surface area contributed by atoms with Crippen molar-refractivity contribution in [1.82, 2.24) is 4.98 Å². The Bertz CT molecular complexity index is 657. The Balaban J connectivity index is 2.08. The van der Waals surface area contributed by atoms with E-state index in [4.69, 9.17) is 25.8 Å². The molecular formula is C15H17ClN2O3. The van der Waals surface area contributed by atoms with Gasteiger partial charge in [0.15, 0.2) is 11.5 Å². The Labute approximate surface area is 128 Å². The van der Waals surface area contributed by atoms with Crippen LogP contribution < -0.4 is 14.4 Å². The van der Waals surface area contributed by atoms with E-state index in [9.17, 15) is 0 Å². The largest absolute Gasteiger partial charge is 0.493 e. The fraction of sp³-hybridized carbons (Fsp3) is 0.400. The fourth-order valence-electron chi connectivity index (χ4n) is 2.46. The van der Waals surface area contributed by atoms with Gasteiger partial charge >= 0.3 is 0 Å². The van der Waals surface area contributed by atoms with Crippen LogP contribution in [0.2, 0.25) is 5.02 Å². The number of hydrogen-bond acceptors (Lipinski definition) is 5. The molecule has 0 unspecified atom stereocenters. The molecular weight excluding hydrogens is 292 g/mol. The minimum atomic E-state index is 0.636. The van der Waals surface area contributed by atoms with Gasteiger partial charge in [-0.1, -0.05) is 11.6 Å². The predicted octanol–water partition coefficient (Wildman–Crippen LogP) is 2.74. The van der Waals surface area contributed by atoms with Gasteiger partial charge in [-0.05, 0) is 12.1 Å². The molecule has 2 heterocycles. The first-order valence-electron chi connectivity index (χ1n) is 6.78. The fourth-order valence-corrected chi connectivity index (χ4v) is 2.74. The van der Waals surface area contributed by atoms with E-state index in [1.807, 2.05) is 18.2 Å². The molecule has 1 saturated heterocycles. The highest BCUT2D eigenvalue weighted by Crippen LogP contribution is 2.35. The number of rotatable bonds is 3. The second kappa shape index (κ2) is 5.95. The van der Waals surface area contributed by atoms with Gasteiger partial charge in [0.1, 0.15) is 5.82 Å². The first-order valence-corrected chi connectivity index (χ1v) is 7.15. The molecule has 0 N–H and O–H groups in total. The van der Waals surface area contributed by atoms with Crippen LogP contribution >= 0.6 is 11.6 Å². The van der Waals surface area contributed by atoms with Crippen molar-refractivity contribution in [2.24, 2.45) is 0 Å². The van der Waals surface area contributed by atoms with Crippen LogP contribution in [0.5, 0.6) is 11.5 Å². The van der Waals surface area contributed by atoms with Gasteiger partial charge < -0.3 is 19.1 Å². The van der Waals surface area contributed by atoms with E-state index in [2.05, 4.69) is 9.88 Å². The molecule has 1 aromatic carbocycles. The van der Waals surface area contributed by atoms with Crippen LogP contribution in [-0.4, -0.2) is 45.5 Å². The maximum atomic E-state index is 6.39. The zero-order valence-electron chi connectivity index (χ0n) is 12.1. The lowest BCUT2D eigenvalue weighted by atomic mass is 10.2. The summed E-state index contributed by atoms with van der Waals surface area (Å²) in [5, 5.41) is 1.56. The van der Waals surface area contributed by atoms with Gasteiger partial charge in [0, 0.05) is 24.5 Å². The molecule has 1 aliphatic heterocycles. The van der Waals surface area contributed by atoms with Gasteiger partial charge in [-0.15, -0.1) is 0 Å². The van der Waals surface area contributed by atoms with Gasteiger partial charge in [-0.2, -0.15) is 0 Å². The van der Waals surface area contributed by atoms with Crippen molar-refractivity contribution >= 4 is 28.3 Å². The normalized spacial score (nSPS) is 15.3. The lowest BCUT2D eigenvalue weighted by Gasteiger charge is -2.28. The van der Waals surface area contributed by atoms with Crippen molar-refractivity contribution in [1.29, 1.82) is 0 Å². The number of halogens is 1. The summed E-state index contributed by atoms with van der Waals surface area (Å²) in [6.07, 6.45) is 0. The number of nitrogens with zero attached hydrogens (tertiary/aromatic N) is 2. The number of benzene rings is 1. The van der Waals surface area contributed by atoms with Gasteiger partial charge in [0.2, 0.25) is 0 Å². The summed E-state index contributed by atoms with van der Waals surface area (Å²) in [6, 6.07) is 5.67. The lowest BCUT2D eigenvalue weighted by molar-refractivity contribution is 0.122. The number of pyridine rings is 1. The quantitative estimate of drug-likeness (QED) is 0.872. The molecule has 2 aromatic rings. The third-order valence-corrected chi connectivity index (χ3v) is 3.84. The van der Waals surface area contributed by atoms with Crippen LogP contribution in [0, 0.1) is 0 Å². The van der Waals surface area contributed by atoms with Crippen LogP contribution in [0.3, 0.4) is 0 Å². The zero-order chi connectivity index (χ0) is 14.8. The van der Waals surface area contributed by atoms with Crippen LogP contribution in [-0.2, 0) is 4.74 Å². The van der Waals surface area contributed by atoms with E-state index >= 15 is 0 Å². The Kier molecular flexibility index (Phi) is 4.03. The predicted molar refractivity (Wildman–Crippen MR) is 82.9 cm³/mol. The average molecular weight is 309 g/mol. The summed E-state index contributed by atoms with van der Waals surface area (Å²) in [5.41, 5.74) is 0.832. The molecule has 0 spiro atoms. The number of ether oxygens (including phenoxy) is 3. The minimum Gasteiger partial charge on any atom is -0.493 e. The molecule has 6 heteroatoms. The molecule has 112 valence electrons. The van der Waals surface area contributed by atoms with Crippen LogP contribution in [0.25, 0.3) is 10.9 Å². The molecule has 0 saturated carbocycles. The summed E-state index contributed by atoms with van der Waals surface area (Å²) in [6.45, 7) is 2.99. The summed E-state index contributed by atoms with van der Waals surface area (Å²) < 4.78 is 16.0. The molecule has 21 heavy (non-hydrogen) atoms. The molecule has 3 rings (SSSR count). The van der Waals surface area contributed by atoms with E-state index in [0.29, 0.717) is 29.7 Å². The van der Waals surface area contributed by atoms with Crippen molar-refractivity contribution in [2.75, 3.05) is 45.4 Å². The van der Waals surface area contributed by atoms with Crippen LogP contribution in [0.4, 0.5) is 5.82 Å². The zero-order valence-corrected chi connectivity index (χ0v) is 12.8. The van der Waals surface area contributed by atoms with Crippen LogP contribution in [0.15, 0.2) is 18.2 Å². The van der Waals surface area contributed by atoms with E-state index in [0.717, 1.165) is 29.8 Å². The van der Waals surface area contributed by atoms with Gasteiger partial charge in [-0.25, -0.2) is 4.98 Å². The van der Waals surface area contributed by atoms with Crippen molar-refractivity contribution in [3.8, 4) is 11.5 Å². The van der Waals surface area contributed by atoms with Crippen molar-refractivity contribution in [2.45, 2.75) is 0 Å². The Morgan fingerprint density at radius 1 is 1.10 bits per heavy atom. The number of anilines is 1. The van der Waals surface area contributed by atoms with E-state index in [1.54, 1.807) is 14.2 Å². The molecule has 0 aliphatic carbocycles. The molecule has 0 radical (unpaired) electrons. The first kappa shape index (κ1) is 14.2. The van der Waals surface area contributed by atoms with Gasteiger partial charge in [0.05, 0.1) is 38.0 Å². The summed E-state index contributed by atoms with van der Waals surface area (Å²) in [4.78, 5) is 6.83. The lowest BCUT2D eigenvalue weighted by Crippen LogP contribution is -2.36. The summed E-state index contributed by atoms with van der Waals surface area (Å²) >= 11 is 6.39. The minimum absolute atomic E-state index is 0.636. The highest BCUT2D eigenvalue weighted by molar-refractivity contribution is 6.33. The highest BCUT2D eigenvalue weighted by Gasteiger charge is 2.17.